The Kier molecular flexibility index (Phi) is 6.87. The molecule has 1 saturated heterocycles. The molecule has 4 N–H and O–H groups in total. The summed E-state index contributed by atoms with van der Waals surface area (Å²) in [6.45, 7) is 6.21. The molecule has 180 valence electrons. The van der Waals surface area contributed by atoms with Crippen LogP contribution in [0.3, 0.4) is 0 Å². The van der Waals surface area contributed by atoms with E-state index < -0.39 is 10.0 Å². The van der Waals surface area contributed by atoms with Gasteiger partial charge in [0.1, 0.15) is 0 Å². The number of sulfonamides is 1. The van der Waals surface area contributed by atoms with Crippen molar-refractivity contribution in [3.8, 4) is 5.75 Å². The average Bonchev–Trinajstić information content (AvgIpc) is 2.80. The molecule has 0 saturated carbocycles. The smallest absolute Gasteiger partial charge is 0.238 e. The van der Waals surface area contributed by atoms with E-state index in [4.69, 9.17) is 9.88 Å². The van der Waals surface area contributed by atoms with Gasteiger partial charge in [0.25, 0.3) is 0 Å². The monoisotopic (exact) mass is 483 g/mol. The highest BCUT2D eigenvalue weighted by Crippen LogP contribution is 2.29. The maximum absolute atomic E-state index is 11.7. The van der Waals surface area contributed by atoms with Gasteiger partial charge in [-0.05, 0) is 55.9 Å². The number of nitrogens with zero attached hydrogens (tertiary/aromatic N) is 4. The molecule has 1 fully saturated rings. The summed E-state index contributed by atoms with van der Waals surface area (Å²) < 4.78 is 28.7. The first kappa shape index (κ1) is 23.7. The lowest BCUT2D eigenvalue weighted by molar-refractivity contribution is 0.312. The second-order valence-electron chi connectivity index (χ2n) is 8.23. The zero-order chi connectivity index (χ0) is 24.3. The fraction of sp³-hybridized carbons (Fsp3) is 0.304. The number of ether oxygens (including phenoxy) is 1. The third-order valence-electron chi connectivity index (χ3n) is 5.70. The van der Waals surface area contributed by atoms with Crippen LogP contribution in [0.2, 0.25) is 0 Å². The number of hydrogen-bond donors (Lipinski definition) is 3. The Morgan fingerprint density at radius 2 is 1.76 bits per heavy atom. The van der Waals surface area contributed by atoms with Crippen LogP contribution < -0.4 is 25.4 Å². The topological polar surface area (TPSA) is 126 Å². The maximum Gasteiger partial charge on any atom is 0.238 e. The number of primary sulfonamides is 1. The summed E-state index contributed by atoms with van der Waals surface area (Å²) in [6.07, 6.45) is 1.55. The van der Waals surface area contributed by atoms with Crippen molar-refractivity contribution in [2.75, 3.05) is 55.9 Å². The summed E-state index contributed by atoms with van der Waals surface area (Å²) in [7, 11) is -0.166. The predicted octanol–water partition coefficient (Wildman–Crippen LogP) is 2.68. The number of methoxy groups -OCH3 is 1. The standard InChI is InChI=1S/C23H29N7O3S/c1-16-13-18(7-8-20(16)30-11-9-29(2)10-12-30)27-23-25-15-21(33-3)22(28-23)26-17-5-4-6-19(14-17)34(24,31)32/h4-8,13-15H,9-12H2,1-3H3,(H2,24,31,32)(H2,25,26,27,28). The van der Waals surface area contributed by atoms with Crippen molar-refractivity contribution in [2.24, 2.45) is 5.14 Å². The number of hydrogen-bond acceptors (Lipinski definition) is 9. The molecule has 0 amide bonds. The summed E-state index contributed by atoms with van der Waals surface area (Å²) in [4.78, 5) is 13.6. The number of anilines is 5. The zero-order valence-corrected chi connectivity index (χ0v) is 20.3. The van der Waals surface area contributed by atoms with Crippen LogP contribution in [0, 0.1) is 6.92 Å². The zero-order valence-electron chi connectivity index (χ0n) is 19.4. The van der Waals surface area contributed by atoms with Gasteiger partial charge in [-0.15, -0.1) is 0 Å². The van der Waals surface area contributed by atoms with E-state index in [1.807, 2.05) is 6.07 Å². The molecule has 3 aromatic rings. The molecule has 0 spiro atoms. The van der Waals surface area contributed by atoms with Crippen LogP contribution in [0.1, 0.15) is 5.56 Å². The predicted molar refractivity (Wildman–Crippen MR) is 134 cm³/mol. The molecule has 0 unspecified atom stereocenters. The van der Waals surface area contributed by atoms with Crippen molar-refractivity contribution in [3.63, 3.8) is 0 Å². The van der Waals surface area contributed by atoms with Crippen LogP contribution in [0.15, 0.2) is 53.6 Å². The third-order valence-corrected chi connectivity index (χ3v) is 6.61. The fourth-order valence-electron chi connectivity index (χ4n) is 3.82. The largest absolute Gasteiger partial charge is 0.491 e. The first-order chi connectivity index (χ1) is 16.2. The van der Waals surface area contributed by atoms with Gasteiger partial charge < -0.3 is 25.2 Å². The molecule has 11 heteroatoms. The average molecular weight is 484 g/mol. The molecular formula is C23H29N7O3S. The van der Waals surface area contributed by atoms with E-state index in [1.165, 1.54) is 30.5 Å². The van der Waals surface area contributed by atoms with Gasteiger partial charge in [-0.1, -0.05) is 6.07 Å². The van der Waals surface area contributed by atoms with Crippen molar-refractivity contribution in [1.29, 1.82) is 0 Å². The quantitative estimate of drug-likeness (QED) is 0.465. The SMILES string of the molecule is COc1cnc(Nc2ccc(N3CCN(C)CC3)c(C)c2)nc1Nc1cccc(S(N)(=O)=O)c1. The number of benzene rings is 2. The van der Waals surface area contributed by atoms with Crippen molar-refractivity contribution in [1.82, 2.24) is 14.9 Å². The normalized spacial score (nSPS) is 14.6. The Bertz CT molecular complexity index is 1280. The Balaban J connectivity index is 1.53. The lowest BCUT2D eigenvalue weighted by Gasteiger charge is -2.35. The number of rotatable bonds is 7. The molecule has 4 rings (SSSR count). The van der Waals surface area contributed by atoms with Crippen LogP contribution in [0.4, 0.5) is 28.8 Å². The molecule has 1 aliphatic heterocycles. The number of nitrogens with two attached hydrogens (primary N) is 1. The molecule has 1 aliphatic rings. The molecular weight excluding hydrogens is 454 g/mol. The number of piperazine rings is 1. The van der Waals surface area contributed by atoms with Crippen LogP contribution in [0.25, 0.3) is 0 Å². The van der Waals surface area contributed by atoms with Gasteiger partial charge in [0, 0.05) is 43.2 Å². The minimum absolute atomic E-state index is 0.000197. The van der Waals surface area contributed by atoms with Crippen LogP contribution >= 0.6 is 0 Å². The van der Waals surface area contributed by atoms with Gasteiger partial charge in [0.2, 0.25) is 16.0 Å². The molecule has 2 heterocycles. The maximum atomic E-state index is 11.7. The Hall–Kier alpha value is -3.41. The lowest BCUT2D eigenvalue weighted by Crippen LogP contribution is -2.44. The molecule has 10 nitrogen and oxygen atoms in total. The third kappa shape index (κ3) is 5.56. The Morgan fingerprint density at radius 3 is 2.44 bits per heavy atom. The summed E-state index contributed by atoms with van der Waals surface area (Å²) in [5.74, 6) is 1.17. The van der Waals surface area contributed by atoms with Crippen LogP contribution in [-0.2, 0) is 10.0 Å². The highest BCUT2D eigenvalue weighted by atomic mass is 32.2. The number of likely N-dealkylation sites (N-methyl/N-ethyl adjacent to an activating group) is 1. The van der Waals surface area contributed by atoms with Crippen molar-refractivity contribution in [2.45, 2.75) is 11.8 Å². The second-order valence-corrected chi connectivity index (χ2v) is 9.79. The van der Waals surface area contributed by atoms with E-state index in [2.05, 4.69) is 56.5 Å². The van der Waals surface area contributed by atoms with E-state index >= 15 is 0 Å². The molecule has 2 aromatic carbocycles. The Morgan fingerprint density at radius 1 is 1.03 bits per heavy atom. The second kappa shape index (κ2) is 9.84. The van der Waals surface area contributed by atoms with E-state index in [-0.39, 0.29) is 4.90 Å². The highest BCUT2D eigenvalue weighted by Gasteiger charge is 2.16. The van der Waals surface area contributed by atoms with Gasteiger partial charge in [-0.2, -0.15) is 4.98 Å². The minimum atomic E-state index is -3.82. The van der Waals surface area contributed by atoms with Gasteiger partial charge in [-0.25, -0.2) is 18.5 Å². The van der Waals surface area contributed by atoms with Crippen LogP contribution in [-0.4, -0.2) is 63.6 Å². The first-order valence-electron chi connectivity index (χ1n) is 10.8. The fourth-order valence-corrected chi connectivity index (χ4v) is 4.38. The van der Waals surface area contributed by atoms with Gasteiger partial charge >= 0.3 is 0 Å². The van der Waals surface area contributed by atoms with Gasteiger partial charge in [0.05, 0.1) is 18.2 Å². The Labute approximate surface area is 199 Å². The highest BCUT2D eigenvalue weighted by molar-refractivity contribution is 7.89. The summed E-state index contributed by atoms with van der Waals surface area (Å²) in [5.41, 5.74) is 3.76. The van der Waals surface area contributed by atoms with E-state index in [0.29, 0.717) is 23.2 Å². The summed E-state index contributed by atoms with van der Waals surface area (Å²) in [5, 5.41) is 11.6. The molecule has 0 aliphatic carbocycles. The minimum Gasteiger partial charge on any atom is -0.491 e. The molecule has 34 heavy (non-hydrogen) atoms. The lowest BCUT2D eigenvalue weighted by atomic mass is 10.1. The molecule has 0 bridgehead atoms. The molecule has 0 radical (unpaired) electrons. The van der Waals surface area contributed by atoms with Gasteiger partial charge in [0.15, 0.2) is 11.6 Å². The number of aromatic nitrogens is 2. The summed E-state index contributed by atoms with van der Waals surface area (Å²) >= 11 is 0. The number of aryl methyl sites for hydroxylation is 1. The molecule has 1 aromatic heterocycles. The van der Waals surface area contributed by atoms with Gasteiger partial charge in [-0.3, -0.25) is 0 Å². The molecule has 0 atom stereocenters. The van der Waals surface area contributed by atoms with E-state index in [1.54, 1.807) is 18.3 Å². The van der Waals surface area contributed by atoms with Crippen molar-refractivity contribution in [3.05, 3.63) is 54.2 Å². The van der Waals surface area contributed by atoms with Crippen molar-refractivity contribution >= 4 is 38.9 Å². The van der Waals surface area contributed by atoms with E-state index in [9.17, 15) is 8.42 Å². The van der Waals surface area contributed by atoms with Crippen LogP contribution in [0.5, 0.6) is 5.75 Å². The van der Waals surface area contributed by atoms with Crippen molar-refractivity contribution < 1.29 is 13.2 Å². The van der Waals surface area contributed by atoms with E-state index in [0.717, 1.165) is 31.9 Å². The number of nitrogens with one attached hydrogen (secondary N) is 2. The summed E-state index contributed by atoms with van der Waals surface area (Å²) in [6, 6.07) is 12.4. The first-order valence-corrected chi connectivity index (χ1v) is 12.4.